The van der Waals surface area contributed by atoms with E-state index in [1.165, 1.54) is 45.8 Å². The number of nitrogens with one attached hydrogen (secondary N) is 2. The molecule has 2 saturated carbocycles. The number of hydrogen-bond acceptors (Lipinski definition) is 3. The number of anilines is 1. The number of nitrogens with zero attached hydrogens (tertiary/aromatic N) is 1. The zero-order valence-electron chi connectivity index (χ0n) is 13.8. The molecule has 1 aromatic rings. The van der Waals surface area contributed by atoms with Crippen molar-refractivity contribution in [3.63, 3.8) is 0 Å². The number of fused-ring (bicyclic) bond motifs is 2. The van der Waals surface area contributed by atoms with Gasteiger partial charge < -0.3 is 10.6 Å². The lowest BCUT2D eigenvalue weighted by Gasteiger charge is -2.24. The first-order valence-electron chi connectivity index (χ1n) is 8.07. The Bertz CT molecular complexity index is 752. The quantitative estimate of drug-likeness (QED) is 0.777. The second-order valence-electron chi connectivity index (χ2n) is 6.81. The highest BCUT2D eigenvalue weighted by Crippen LogP contribution is 2.44. The van der Waals surface area contributed by atoms with E-state index in [9.17, 15) is 8.42 Å². The maximum atomic E-state index is 12.3. The van der Waals surface area contributed by atoms with E-state index in [4.69, 9.17) is 23.8 Å². The summed E-state index contributed by atoms with van der Waals surface area (Å²) in [6.45, 7) is 0. The van der Waals surface area contributed by atoms with Gasteiger partial charge in [0, 0.05) is 25.8 Å². The van der Waals surface area contributed by atoms with Crippen molar-refractivity contribution in [2.75, 3.05) is 19.4 Å². The molecule has 2 fully saturated rings. The molecule has 0 aliphatic heterocycles. The SMILES string of the molecule is CN(C)S(=O)(=O)c1cc(NC(=S)N[C@@H]2C[C@H]3CC[C@H]2C3)ccc1Cl. The van der Waals surface area contributed by atoms with E-state index in [2.05, 4.69) is 10.6 Å². The summed E-state index contributed by atoms with van der Waals surface area (Å²) in [4.78, 5) is 0.0712. The van der Waals surface area contributed by atoms with Crippen molar-refractivity contribution >= 4 is 44.6 Å². The average Bonchev–Trinajstić information content (AvgIpc) is 3.11. The van der Waals surface area contributed by atoms with Crippen molar-refractivity contribution in [1.82, 2.24) is 9.62 Å². The van der Waals surface area contributed by atoms with Gasteiger partial charge in [-0.1, -0.05) is 18.0 Å². The molecular weight excluding hydrogens is 366 g/mol. The van der Waals surface area contributed by atoms with Crippen LogP contribution in [0.25, 0.3) is 0 Å². The summed E-state index contributed by atoms with van der Waals surface area (Å²) in [5, 5.41) is 7.19. The fourth-order valence-electron chi connectivity index (χ4n) is 3.73. The zero-order valence-corrected chi connectivity index (χ0v) is 16.1. The van der Waals surface area contributed by atoms with Crippen LogP contribution in [0.3, 0.4) is 0 Å². The molecular formula is C16H22ClN3O2S2. The van der Waals surface area contributed by atoms with Crippen molar-refractivity contribution in [3.8, 4) is 0 Å². The summed E-state index contributed by atoms with van der Waals surface area (Å²) >= 11 is 11.5. The highest BCUT2D eigenvalue weighted by Gasteiger charge is 2.39. The van der Waals surface area contributed by atoms with Gasteiger partial charge in [0.2, 0.25) is 10.0 Å². The molecule has 5 nitrogen and oxygen atoms in total. The topological polar surface area (TPSA) is 61.4 Å². The van der Waals surface area contributed by atoms with Crippen molar-refractivity contribution in [2.45, 2.75) is 36.6 Å². The van der Waals surface area contributed by atoms with Gasteiger partial charge >= 0.3 is 0 Å². The van der Waals surface area contributed by atoms with E-state index in [1.807, 2.05) is 0 Å². The summed E-state index contributed by atoms with van der Waals surface area (Å²) < 4.78 is 25.8. The minimum atomic E-state index is -3.60. The fraction of sp³-hybridized carbons (Fsp3) is 0.562. The third-order valence-electron chi connectivity index (χ3n) is 5.00. The van der Waals surface area contributed by atoms with E-state index in [-0.39, 0.29) is 9.92 Å². The van der Waals surface area contributed by atoms with Gasteiger partial charge in [0.1, 0.15) is 4.90 Å². The maximum absolute atomic E-state index is 12.3. The minimum absolute atomic E-state index is 0.0712. The fourth-order valence-corrected chi connectivity index (χ4v) is 5.40. The zero-order chi connectivity index (χ0) is 17.5. The van der Waals surface area contributed by atoms with Crippen LogP contribution in [0.2, 0.25) is 5.02 Å². The molecule has 8 heteroatoms. The third-order valence-corrected chi connectivity index (χ3v) is 7.52. The minimum Gasteiger partial charge on any atom is -0.359 e. The molecule has 2 aliphatic carbocycles. The maximum Gasteiger partial charge on any atom is 0.244 e. The monoisotopic (exact) mass is 387 g/mol. The molecule has 0 spiro atoms. The largest absolute Gasteiger partial charge is 0.359 e. The number of benzene rings is 1. The second kappa shape index (κ2) is 6.78. The first kappa shape index (κ1) is 17.9. The Kier molecular flexibility index (Phi) is 5.06. The Morgan fingerprint density at radius 1 is 1.29 bits per heavy atom. The van der Waals surface area contributed by atoms with E-state index in [1.54, 1.807) is 12.1 Å². The molecule has 2 N–H and O–H groups in total. The van der Waals surface area contributed by atoms with Gasteiger partial charge in [-0.05, 0) is 61.5 Å². The van der Waals surface area contributed by atoms with Crippen molar-refractivity contribution in [3.05, 3.63) is 23.2 Å². The summed E-state index contributed by atoms with van der Waals surface area (Å²) in [7, 11) is -0.639. The van der Waals surface area contributed by atoms with Crippen LogP contribution in [-0.2, 0) is 10.0 Å². The van der Waals surface area contributed by atoms with Gasteiger partial charge in [-0.25, -0.2) is 12.7 Å². The van der Waals surface area contributed by atoms with Gasteiger partial charge in [-0.2, -0.15) is 0 Å². The van der Waals surface area contributed by atoms with Gasteiger partial charge in [0.15, 0.2) is 5.11 Å². The molecule has 0 aromatic heterocycles. The van der Waals surface area contributed by atoms with Crippen LogP contribution in [-0.4, -0.2) is 38.0 Å². The molecule has 3 rings (SSSR count). The van der Waals surface area contributed by atoms with Crippen LogP contribution >= 0.6 is 23.8 Å². The highest BCUT2D eigenvalue weighted by atomic mass is 35.5. The van der Waals surface area contributed by atoms with E-state index >= 15 is 0 Å². The van der Waals surface area contributed by atoms with Gasteiger partial charge in [-0.15, -0.1) is 0 Å². The predicted molar refractivity (Wildman–Crippen MR) is 101 cm³/mol. The Balaban J connectivity index is 1.70. The number of thiocarbonyl (C=S) groups is 1. The van der Waals surface area contributed by atoms with Crippen LogP contribution in [0.1, 0.15) is 25.7 Å². The lowest BCUT2D eigenvalue weighted by atomic mass is 9.96. The number of hydrogen-bond donors (Lipinski definition) is 2. The molecule has 0 radical (unpaired) electrons. The molecule has 2 aliphatic rings. The van der Waals surface area contributed by atoms with E-state index < -0.39 is 10.0 Å². The van der Waals surface area contributed by atoms with Crippen LogP contribution in [0.15, 0.2) is 23.1 Å². The number of sulfonamides is 1. The van der Waals surface area contributed by atoms with Gasteiger partial charge in [0.05, 0.1) is 5.02 Å². The summed E-state index contributed by atoms with van der Waals surface area (Å²) in [5.74, 6) is 1.55. The molecule has 0 heterocycles. The van der Waals surface area contributed by atoms with Crippen LogP contribution in [0.5, 0.6) is 0 Å². The van der Waals surface area contributed by atoms with E-state index in [0.717, 1.165) is 10.2 Å². The van der Waals surface area contributed by atoms with Crippen LogP contribution in [0, 0.1) is 11.8 Å². The van der Waals surface area contributed by atoms with Gasteiger partial charge in [-0.3, -0.25) is 0 Å². The summed E-state index contributed by atoms with van der Waals surface area (Å²) in [5.41, 5.74) is 0.612. The predicted octanol–water partition coefficient (Wildman–Crippen LogP) is 3.07. The van der Waals surface area contributed by atoms with Crippen molar-refractivity contribution in [2.24, 2.45) is 11.8 Å². The lowest BCUT2D eigenvalue weighted by Crippen LogP contribution is -2.40. The molecule has 24 heavy (non-hydrogen) atoms. The summed E-state index contributed by atoms with van der Waals surface area (Å²) in [6.07, 6.45) is 5.09. The molecule has 3 atom stereocenters. The Hall–Kier alpha value is -0.890. The molecule has 1 aromatic carbocycles. The lowest BCUT2D eigenvalue weighted by molar-refractivity contribution is 0.392. The molecule has 0 saturated heterocycles. The molecule has 0 unspecified atom stereocenters. The average molecular weight is 388 g/mol. The first-order chi connectivity index (χ1) is 11.3. The van der Waals surface area contributed by atoms with Crippen molar-refractivity contribution < 1.29 is 8.42 Å². The Labute approximate surface area is 153 Å². The molecule has 0 amide bonds. The summed E-state index contributed by atoms with van der Waals surface area (Å²) in [6, 6.07) is 5.25. The van der Waals surface area contributed by atoms with E-state index in [0.29, 0.717) is 22.8 Å². The highest BCUT2D eigenvalue weighted by molar-refractivity contribution is 7.89. The number of rotatable bonds is 4. The standard InChI is InChI=1S/C16H22ClN3O2S2/c1-20(2)24(21,22)15-9-12(5-6-13(15)17)18-16(23)19-14-8-10-3-4-11(14)7-10/h5-6,9-11,14H,3-4,7-8H2,1-2H3,(H2,18,19,23)/t10-,11-,14+/m0/s1. The Morgan fingerprint density at radius 2 is 2.04 bits per heavy atom. The van der Waals surface area contributed by atoms with Crippen LogP contribution in [0.4, 0.5) is 5.69 Å². The normalized spacial score (nSPS) is 25.9. The third kappa shape index (κ3) is 3.54. The second-order valence-corrected chi connectivity index (χ2v) is 9.75. The number of halogens is 1. The molecule has 2 bridgehead atoms. The molecule has 132 valence electrons. The van der Waals surface area contributed by atoms with Crippen LogP contribution < -0.4 is 10.6 Å². The van der Waals surface area contributed by atoms with Crippen molar-refractivity contribution in [1.29, 1.82) is 0 Å². The Morgan fingerprint density at radius 3 is 2.62 bits per heavy atom. The first-order valence-corrected chi connectivity index (χ1v) is 10.3. The van der Waals surface area contributed by atoms with Gasteiger partial charge in [0.25, 0.3) is 0 Å². The smallest absolute Gasteiger partial charge is 0.244 e.